The average Bonchev–Trinajstić information content (AvgIpc) is 3.13. The lowest BCUT2D eigenvalue weighted by Crippen LogP contribution is -2.15. The Hall–Kier alpha value is -4.41. The van der Waals surface area contributed by atoms with Crippen LogP contribution in [0.2, 0.25) is 0 Å². The van der Waals surface area contributed by atoms with Gasteiger partial charge in [0.1, 0.15) is 17.3 Å². The van der Waals surface area contributed by atoms with Crippen LogP contribution in [0, 0.1) is 29.1 Å². The molecular formula is C41H45F7O4. The largest absolute Gasteiger partial charge is 0.494 e. The number of halogens is 7. The van der Waals surface area contributed by atoms with Crippen molar-refractivity contribution in [2.45, 2.75) is 83.0 Å². The first-order chi connectivity index (χ1) is 25.0. The van der Waals surface area contributed by atoms with Crippen LogP contribution in [0.25, 0.3) is 0 Å². The summed E-state index contributed by atoms with van der Waals surface area (Å²) in [7, 11) is 2.53. The summed E-state index contributed by atoms with van der Waals surface area (Å²) < 4.78 is 121. The van der Waals surface area contributed by atoms with Gasteiger partial charge in [-0.15, -0.1) is 0 Å². The third-order valence-corrected chi connectivity index (χ3v) is 8.90. The first-order valence-electron chi connectivity index (χ1n) is 17.5. The molecule has 0 aliphatic carbocycles. The van der Waals surface area contributed by atoms with E-state index in [4.69, 9.17) is 18.9 Å². The highest BCUT2D eigenvalue weighted by molar-refractivity contribution is 5.34. The Morgan fingerprint density at radius 1 is 0.481 bits per heavy atom. The lowest BCUT2D eigenvalue weighted by molar-refractivity contribution is -0.0209. The van der Waals surface area contributed by atoms with Gasteiger partial charge >= 0.3 is 0 Å². The Morgan fingerprint density at radius 2 is 0.942 bits per heavy atom. The van der Waals surface area contributed by atoms with Crippen LogP contribution in [-0.4, -0.2) is 33.4 Å². The standard InChI is InChI=1S/C41H45F7O4/c1-49-35-21-16-30(37(43)39(35)45)12-9-28-10-18-32(19-11-28)51-25-7-3-5-23-41(47,48)24-6-4-8-26-52-33-20-15-29(34(42)27-33)13-14-31-17-22-36(50-2)40(46)38(31)44/h10-11,15-22,27H,3-9,12-14,23-26H2,1-2H3. The Labute approximate surface area is 300 Å². The summed E-state index contributed by atoms with van der Waals surface area (Å²) in [6, 6.07) is 17.4. The van der Waals surface area contributed by atoms with E-state index in [2.05, 4.69) is 0 Å². The number of aryl methyl sites for hydroxylation is 4. The van der Waals surface area contributed by atoms with Crippen LogP contribution in [0.5, 0.6) is 23.0 Å². The van der Waals surface area contributed by atoms with Gasteiger partial charge in [-0.05, 0) is 117 Å². The number of benzene rings is 4. The molecule has 11 heteroatoms. The van der Waals surface area contributed by atoms with Crippen molar-refractivity contribution < 1.29 is 49.7 Å². The molecule has 0 heterocycles. The van der Waals surface area contributed by atoms with Gasteiger partial charge in [-0.25, -0.2) is 22.0 Å². The van der Waals surface area contributed by atoms with Gasteiger partial charge in [0.25, 0.3) is 0 Å². The molecule has 4 aromatic rings. The van der Waals surface area contributed by atoms with Crippen molar-refractivity contribution in [3.05, 3.63) is 118 Å². The smallest absolute Gasteiger partial charge is 0.248 e. The maximum Gasteiger partial charge on any atom is 0.248 e. The summed E-state index contributed by atoms with van der Waals surface area (Å²) in [5.41, 5.74) is 1.67. The van der Waals surface area contributed by atoms with Crippen LogP contribution in [0.4, 0.5) is 30.7 Å². The summed E-state index contributed by atoms with van der Waals surface area (Å²) in [5, 5.41) is 0. The molecule has 282 valence electrons. The second kappa shape index (κ2) is 20.0. The molecule has 0 saturated carbocycles. The number of hydrogen-bond donors (Lipinski definition) is 0. The number of unbranched alkanes of at least 4 members (excludes halogenated alkanes) is 4. The molecule has 0 fully saturated rings. The van der Waals surface area contributed by atoms with Crippen LogP contribution in [-0.2, 0) is 25.7 Å². The summed E-state index contributed by atoms with van der Waals surface area (Å²) >= 11 is 0. The summed E-state index contributed by atoms with van der Waals surface area (Å²) in [6.45, 7) is 0.660. The molecule has 0 unspecified atom stereocenters. The molecule has 0 atom stereocenters. The maximum atomic E-state index is 14.6. The third kappa shape index (κ3) is 12.1. The monoisotopic (exact) mass is 734 g/mol. The molecule has 0 saturated heterocycles. The predicted molar refractivity (Wildman–Crippen MR) is 186 cm³/mol. The Bertz CT molecular complexity index is 1710. The van der Waals surface area contributed by atoms with Crippen LogP contribution in [0.15, 0.2) is 66.7 Å². The summed E-state index contributed by atoms with van der Waals surface area (Å²) in [4.78, 5) is 0. The van der Waals surface area contributed by atoms with E-state index in [0.29, 0.717) is 75.0 Å². The summed E-state index contributed by atoms with van der Waals surface area (Å²) in [6.07, 6.45) is 3.78. The second-order valence-electron chi connectivity index (χ2n) is 12.7. The van der Waals surface area contributed by atoms with Crippen LogP contribution >= 0.6 is 0 Å². The topological polar surface area (TPSA) is 36.9 Å². The van der Waals surface area contributed by atoms with Crippen LogP contribution in [0.3, 0.4) is 0 Å². The van der Waals surface area contributed by atoms with E-state index in [9.17, 15) is 30.7 Å². The number of methoxy groups -OCH3 is 2. The predicted octanol–water partition coefficient (Wildman–Crippen LogP) is 11.2. The van der Waals surface area contributed by atoms with Crippen molar-refractivity contribution in [1.29, 1.82) is 0 Å². The molecule has 0 aliphatic rings. The molecule has 52 heavy (non-hydrogen) atoms. The van der Waals surface area contributed by atoms with Crippen LogP contribution in [0.1, 0.15) is 73.6 Å². The Morgan fingerprint density at radius 3 is 1.46 bits per heavy atom. The fraction of sp³-hybridized carbons (Fsp3) is 0.415. The molecule has 0 N–H and O–H groups in total. The molecule has 0 radical (unpaired) electrons. The van der Waals surface area contributed by atoms with Gasteiger partial charge in [0.05, 0.1) is 27.4 Å². The quantitative estimate of drug-likeness (QED) is 0.0595. The van der Waals surface area contributed by atoms with E-state index in [1.165, 1.54) is 50.6 Å². The molecule has 0 spiro atoms. The zero-order chi connectivity index (χ0) is 37.5. The van der Waals surface area contributed by atoms with Crippen LogP contribution < -0.4 is 18.9 Å². The van der Waals surface area contributed by atoms with Crippen molar-refractivity contribution in [1.82, 2.24) is 0 Å². The van der Waals surface area contributed by atoms with Crippen molar-refractivity contribution in [3.63, 3.8) is 0 Å². The van der Waals surface area contributed by atoms with Crippen molar-refractivity contribution in [3.8, 4) is 23.0 Å². The minimum Gasteiger partial charge on any atom is -0.494 e. The minimum atomic E-state index is -2.75. The second-order valence-corrected chi connectivity index (χ2v) is 12.7. The highest BCUT2D eigenvalue weighted by atomic mass is 19.3. The fourth-order valence-corrected chi connectivity index (χ4v) is 5.80. The van der Waals surface area contributed by atoms with Crippen molar-refractivity contribution in [2.24, 2.45) is 0 Å². The Balaban J connectivity index is 1.03. The van der Waals surface area contributed by atoms with Gasteiger partial charge in [0, 0.05) is 18.9 Å². The van der Waals surface area contributed by atoms with Gasteiger partial charge in [-0.3, -0.25) is 0 Å². The lowest BCUT2D eigenvalue weighted by Gasteiger charge is -2.16. The summed E-state index contributed by atoms with van der Waals surface area (Å²) in [5.74, 6) is -6.62. The molecule has 4 nitrogen and oxygen atoms in total. The number of rotatable bonds is 22. The molecule has 4 aromatic carbocycles. The van der Waals surface area contributed by atoms with Crippen molar-refractivity contribution >= 4 is 0 Å². The number of alkyl halides is 2. The van der Waals surface area contributed by atoms with Gasteiger partial charge in [-0.2, -0.15) is 8.78 Å². The highest BCUT2D eigenvalue weighted by Gasteiger charge is 2.27. The highest BCUT2D eigenvalue weighted by Crippen LogP contribution is 2.29. The normalized spacial score (nSPS) is 11.5. The lowest BCUT2D eigenvalue weighted by atomic mass is 10.0. The van der Waals surface area contributed by atoms with Gasteiger partial charge in [0.2, 0.25) is 17.6 Å². The van der Waals surface area contributed by atoms with E-state index in [-0.39, 0.29) is 54.9 Å². The molecular weight excluding hydrogens is 689 g/mol. The number of hydrogen-bond acceptors (Lipinski definition) is 4. The zero-order valence-electron chi connectivity index (χ0n) is 29.5. The zero-order valence-corrected chi connectivity index (χ0v) is 29.5. The van der Waals surface area contributed by atoms with E-state index >= 15 is 0 Å². The third-order valence-electron chi connectivity index (χ3n) is 8.90. The SMILES string of the molecule is COc1ccc(CCc2ccc(OCCCCCC(F)(F)CCCCCOc3ccc(CCc4ccc(OC)c(F)c4F)c(F)c3)cc2)c(F)c1F. The number of ether oxygens (including phenoxy) is 4. The Kier molecular flexibility index (Phi) is 15.5. The molecule has 4 rings (SSSR count). The average molecular weight is 735 g/mol. The molecule has 0 amide bonds. The van der Waals surface area contributed by atoms with E-state index in [1.807, 2.05) is 12.1 Å². The first-order valence-corrected chi connectivity index (χ1v) is 17.5. The molecule has 0 aromatic heterocycles. The molecule has 0 bridgehead atoms. The van der Waals surface area contributed by atoms with Gasteiger partial charge < -0.3 is 18.9 Å². The first kappa shape index (κ1) is 40.4. The maximum absolute atomic E-state index is 14.6. The minimum absolute atomic E-state index is 0.102. The van der Waals surface area contributed by atoms with Gasteiger partial charge in [0.15, 0.2) is 23.1 Å². The fourth-order valence-electron chi connectivity index (χ4n) is 5.80. The van der Waals surface area contributed by atoms with Crippen molar-refractivity contribution in [2.75, 3.05) is 27.4 Å². The van der Waals surface area contributed by atoms with E-state index in [0.717, 1.165) is 5.56 Å². The van der Waals surface area contributed by atoms with Gasteiger partial charge in [-0.1, -0.05) is 30.3 Å². The molecule has 0 aliphatic heterocycles. The van der Waals surface area contributed by atoms with E-state index in [1.54, 1.807) is 18.2 Å². The van der Waals surface area contributed by atoms with E-state index < -0.39 is 35.0 Å².